The van der Waals surface area contributed by atoms with Gasteiger partial charge >= 0.3 is 0 Å². The molecule has 4 N–H and O–H groups in total. The Labute approximate surface area is 166 Å². The Balaban J connectivity index is 0.00000676. The van der Waals surface area contributed by atoms with Crippen molar-refractivity contribution < 1.29 is 23.8 Å². The highest BCUT2D eigenvalue weighted by Gasteiger charge is 2.21. The summed E-state index contributed by atoms with van der Waals surface area (Å²) in [5, 5.41) is 0. The van der Waals surface area contributed by atoms with Gasteiger partial charge < -0.3 is 30.6 Å². The molecule has 1 aromatic carbocycles. The molecule has 1 unspecified atom stereocenters. The van der Waals surface area contributed by atoms with E-state index in [4.69, 9.17) is 25.7 Å². The topological polar surface area (TPSA) is 117 Å². The number of amides is 2. The van der Waals surface area contributed by atoms with Gasteiger partial charge in [-0.1, -0.05) is 13.8 Å². The molecule has 0 radical (unpaired) electrons. The fourth-order valence-electron chi connectivity index (χ4n) is 2.29. The summed E-state index contributed by atoms with van der Waals surface area (Å²) in [5.41, 5.74) is 11.5. The molecule has 0 aromatic heterocycles. The van der Waals surface area contributed by atoms with Gasteiger partial charge in [0.25, 0.3) is 11.8 Å². The Hall–Kier alpha value is -2.19. The van der Waals surface area contributed by atoms with E-state index >= 15 is 0 Å². The van der Waals surface area contributed by atoms with Gasteiger partial charge in [-0.05, 0) is 24.5 Å². The Morgan fingerprint density at radius 1 is 1.15 bits per heavy atom. The van der Waals surface area contributed by atoms with E-state index in [1.807, 2.05) is 13.8 Å². The van der Waals surface area contributed by atoms with E-state index in [-0.39, 0.29) is 48.2 Å². The first-order valence-electron chi connectivity index (χ1n) is 8.39. The van der Waals surface area contributed by atoms with Crippen LogP contribution in [0.25, 0.3) is 0 Å². The quantitative estimate of drug-likeness (QED) is 0.610. The Bertz CT molecular complexity index is 614. The molecule has 1 aromatic rings. The molecular formula is C18H30ClN3O5. The average molecular weight is 404 g/mol. The van der Waals surface area contributed by atoms with Gasteiger partial charge in [-0.25, -0.2) is 0 Å². The molecule has 1 rings (SSSR count). The third-order valence-electron chi connectivity index (χ3n) is 4.07. The summed E-state index contributed by atoms with van der Waals surface area (Å²) in [7, 11) is 4.59. The van der Waals surface area contributed by atoms with Crippen LogP contribution >= 0.6 is 12.4 Å². The molecule has 1 atom stereocenters. The van der Waals surface area contributed by atoms with E-state index in [0.717, 1.165) is 0 Å². The normalized spacial score (nSPS) is 11.4. The number of carbonyl (C=O) groups excluding carboxylic acids is 2. The summed E-state index contributed by atoms with van der Waals surface area (Å²) in [5.74, 6) is 0.298. The highest BCUT2D eigenvalue weighted by atomic mass is 35.5. The van der Waals surface area contributed by atoms with Crippen molar-refractivity contribution in [3.8, 4) is 17.2 Å². The van der Waals surface area contributed by atoms with Crippen LogP contribution in [0.4, 0.5) is 0 Å². The number of nitrogens with two attached hydrogens (primary N) is 2. The second-order valence-electron chi connectivity index (χ2n) is 6.39. The van der Waals surface area contributed by atoms with Gasteiger partial charge in [0.15, 0.2) is 18.1 Å². The van der Waals surface area contributed by atoms with E-state index in [1.165, 1.54) is 14.2 Å². The smallest absolute Gasteiger partial charge is 0.255 e. The first-order chi connectivity index (χ1) is 12.2. The molecule has 0 heterocycles. The molecule has 2 amide bonds. The zero-order valence-corrected chi connectivity index (χ0v) is 17.3. The van der Waals surface area contributed by atoms with Crippen molar-refractivity contribution in [2.45, 2.75) is 26.3 Å². The molecule has 8 nitrogen and oxygen atoms in total. The van der Waals surface area contributed by atoms with E-state index in [0.29, 0.717) is 24.4 Å². The zero-order chi connectivity index (χ0) is 19.9. The van der Waals surface area contributed by atoms with Crippen LogP contribution in [-0.4, -0.2) is 57.2 Å². The zero-order valence-electron chi connectivity index (χ0n) is 16.5. The molecule has 0 saturated carbocycles. The lowest BCUT2D eigenvalue weighted by Crippen LogP contribution is -2.34. The van der Waals surface area contributed by atoms with Crippen molar-refractivity contribution >= 4 is 24.2 Å². The fraction of sp³-hybridized carbons (Fsp3) is 0.556. The second kappa shape index (κ2) is 11.5. The van der Waals surface area contributed by atoms with E-state index in [9.17, 15) is 9.59 Å². The fourth-order valence-corrected chi connectivity index (χ4v) is 2.29. The summed E-state index contributed by atoms with van der Waals surface area (Å²) in [6.45, 7) is 4.30. The van der Waals surface area contributed by atoms with Crippen molar-refractivity contribution in [1.29, 1.82) is 0 Å². The van der Waals surface area contributed by atoms with Crippen LogP contribution < -0.4 is 25.7 Å². The van der Waals surface area contributed by atoms with E-state index in [2.05, 4.69) is 0 Å². The van der Waals surface area contributed by atoms with Crippen LogP contribution in [0, 0.1) is 5.92 Å². The third kappa shape index (κ3) is 7.15. The highest BCUT2D eigenvalue weighted by molar-refractivity contribution is 5.95. The third-order valence-corrected chi connectivity index (χ3v) is 4.07. The maximum atomic E-state index is 12.7. The van der Waals surface area contributed by atoms with Crippen molar-refractivity contribution in [2.24, 2.45) is 17.4 Å². The Morgan fingerprint density at radius 2 is 1.67 bits per heavy atom. The molecular weight excluding hydrogens is 374 g/mol. The van der Waals surface area contributed by atoms with Gasteiger partial charge in [0.2, 0.25) is 5.75 Å². The van der Waals surface area contributed by atoms with Crippen molar-refractivity contribution in [2.75, 3.05) is 34.4 Å². The van der Waals surface area contributed by atoms with Crippen LogP contribution in [-0.2, 0) is 4.79 Å². The lowest BCUT2D eigenvalue weighted by Gasteiger charge is -2.22. The maximum Gasteiger partial charge on any atom is 0.255 e. The number of nitrogens with zero attached hydrogens (tertiary/aromatic N) is 1. The molecule has 0 bridgehead atoms. The van der Waals surface area contributed by atoms with Crippen LogP contribution in [0.1, 0.15) is 30.6 Å². The molecule has 0 aliphatic carbocycles. The molecule has 0 aliphatic heterocycles. The Morgan fingerprint density at radius 3 is 2.07 bits per heavy atom. The lowest BCUT2D eigenvalue weighted by molar-refractivity contribution is -0.120. The van der Waals surface area contributed by atoms with Crippen LogP contribution in [0.15, 0.2) is 12.1 Å². The summed E-state index contributed by atoms with van der Waals surface area (Å²) in [4.78, 5) is 25.3. The van der Waals surface area contributed by atoms with Gasteiger partial charge in [0.1, 0.15) is 0 Å². The number of halogens is 1. The van der Waals surface area contributed by atoms with E-state index in [1.54, 1.807) is 24.1 Å². The van der Waals surface area contributed by atoms with E-state index < -0.39 is 5.91 Å². The molecule has 0 saturated heterocycles. The Kier molecular flexibility index (Phi) is 10.6. The number of hydrogen-bond donors (Lipinski definition) is 2. The van der Waals surface area contributed by atoms with Gasteiger partial charge in [-0.15, -0.1) is 12.4 Å². The monoisotopic (exact) mass is 403 g/mol. The first kappa shape index (κ1) is 24.8. The minimum atomic E-state index is -0.629. The minimum absolute atomic E-state index is 0. The van der Waals surface area contributed by atoms with Gasteiger partial charge in [-0.2, -0.15) is 0 Å². The lowest BCUT2D eigenvalue weighted by atomic mass is 10.0. The maximum absolute atomic E-state index is 12.7. The number of hydrogen-bond acceptors (Lipinski definition) is 6. The van der Waals surface area contributed by atoms with Crippen LogP contribution in [0.3, 0.4) is 0 Å². The molecule has 154 valence electrons. The standard InChI is InChI=1S/C18H29N3O5.ClH/c1-11(2)13(19)6-7-21(3)18(23)12-8-14(24-4)17(15(9-12)25-5)26-10-16(20)22;/h8-9,11,13H,6-7,10,19H2,1-5H3,(H2,20,22);1H. The number of carbonyl (C=O) groups is 2. The average Bonchev–Trinajstić information content (AvgIpc) is 2.62. The SMILES string of the molecule is COc1cc(C(=O)N(C)CCC(N)C(C)C)cc(OC)c1OCC(N)=O.Cl. The molecule has 0 aliphatic rings. The molecule has 0 fully saturated rings. The minimum Gasteiger partial charge on any atom is -0.493 e. The number of ether oxygens (including phenoxy) is 3. The summed E-state index contributed by atoms with van der Waals surface area (Å²) in [6.07, 6.45) is 0.702. The first-order valence-corrected chi connectivity index (χ1v) is 8.39. The van der Waals surface area contributed by atoms with Crippen LogP contribution in [0.2, 0.25) is 0 Å². The van der Waals surface area contributed by atoms with Gasteiger partial charge in [-0.3, -0.25) is 9.59 Å². The van der Waals surface area contributed by atoms with Crippen molar-refractivity contribution in [3.63, 3.8) is 0 Å². The predicted octanol–water partition coefficient (Wildman–Crippen LogP) is 1.44. The van der Waals surface area contributed by atoms with Gasteiger partial charge in [0.05, 0.1) is 14.2 Å². The highest BCUT2D eigenvalue weighted by Crippen LogP contribution is 2.38. The number of methoxy groups -OCH3 is 2. The summed E-state index contributed by atoms with van der Waals surface area (Å²) < 4.78 is 15.9. The largest absolute Gasteiger partial charge is 0.493 e. The predicted molar refractivity (Wildman–Crippen MR) is 106 cm³/mol. The number of rotatable bonds is 10. The number of benzene rings is 1. The second-order valence-corrected chi connectivity index (χ2v) is 6.39. The number of primary amides is 1. The molecule has 0 spiro atoms. The van der Waals surface area contributed by atoms with Crippen LogP contribution in [0.5, 0.6) is 17.2 Å². The molecule has 27 heavy (non-hydrogen) atoms. The van der Waals surface area contributed by atoms with Gasteiger partial charge in [0, 0.05) is 25.2 Å². The summed E-state index contributed by atoms with van der Waals surface area (Å²) >= 11 is 0. The molecule has 9 heteroatoms. The van der Waals surface area contributed by atoms with Crippen molar-refractivity contribution in [3.05, 3.63) is 17.7 Å². The summed E-state index contributed by atoms with van der Waals surface area (Å²) in [6, 6.07) is 3.11. The van der Waals surface area contributed by atoms with Crippen molar-refractivity contribution in [1.82, 2.24) is 4.90 Å².